The van der Waals surface area contributed by atoms with Crippen LogP contribution in [0.1, 0.15) is 55.0 Å². The van der Waals surface area contributed by atoms with Crippen molar-refractivity contribution in [1.82, 2.24) is 15.3 Å². The van der Waals surface area contributed by atoms with Crippen LogP contribution in [-0.2, 0) is 0 Å². The maximum Gasteiger partial charge on any atom is 0.387 e. The van der Waals surface area contributed by atoms with E-state index in [0.717, 1.165) is 29.1 Å². The lowest BCUT2D eigenvalue weighted by molar-refractivity contribution is -0.0507. The van der Waals surface area contributed by atoms with Gasteiger partial charge in [-0.3, -0.25) is 0 Å². The fraction of sp³-hybridized carbons (Fsp3) is 0.444. The third kappa shape index (κ3) is 4.47. The molecule has 1 aromatic heterocycles. The molecule has 1 heterocycles. The number of para-hydroxylation sites is 1. The van der Waals surface area contributed by atoms with E-state index in [9.17, 15) is 8.78 Å². The van der Waals surface area contributed by atoms with Gasteiger partial charge in [0.2, 0.25) is 0 Å². The third-order valence-corrected chi connectivity index (χ3v) is 3.97. The predicted octanol–water partition coefficient (Wildman–Crippen LogP) is 4.50. The van der Waals surface area contributed by atoms with Crippen LogP contribution in [0.15, 0.2) is 30.5 Å². The Morgan fingerprint density at radius 1 is 1.17 bits per heavy atom. The molecule has 6 heteroatoms. The average Bonchev–Trinajstić information content (AvgIpc) is 2.52. The SMILES string of the molecule is CC[C@H](N[C@H](C)c1cnc(C)nc1C)c1ccccc1OC(F)F. The van der Waals surface area contributed by atoms with E-state index in [1.165, 1.54) is 0 Å². The molecule has 0 aliphatic carbocycles. The predicted molar refractivity (Wildman–Crippen MR) is 89.2 cm³/mol. The summed E-state index contributed by atoms with van der Waals surface area (Å²) in [6.07, 6.45) is 2.54. The normalized spacial score (nSPS) is 13.8. The highest BCUT2D eigenvalue weighted by Gasteiger charge is 2.20. The molecule has 0 amide bonds. The number of hydrogen-bond acceptors (Lipinski definition) is 4. The Bertz CT molecular complexity index is 679. The van der Waals surface area contributed by atoms with Crippen LogP contribution in [0.25, 0.3) is 0 Å². The highest BCUT2D eigenvalue weighted by Crippen LogP contribution is 2.30. The van der Waals surface area contributed by atoms with E-state index in [0.29, 0.717) is 0 Å². The Hall–Kier alpha value is -2.08. The summed E-state index contributed by atoms with van der Waals surface area (Å²) in [5, 5.41) is 3.47. The molecule has 2 rings (SSSR count). The molecule has 0 aliphatic rings. The van der Waals surface area contributed by atoms with Gasteiger partial charge in [-0.15, -0.1) is 0 Å². The van der Waals surface area contributed by atoms with Gasteiger partial charge in [-0.25, -0.2) is 9.97 Å². The molecule has 1 N–H and O–H groups in total. The van der Waals surface area contributed by atoms with Gasteiger partial charge in [0.05, 0.1) is 0 Å². The van der Waals surface area contributed by atoms with Crippen LogP contribution in [0, 0.1) is 13.8 Å². The van der Waals surface area contributed by atoms with Gasteiger partial charge in [0.15, 0.2) is 0 Å². The van der Waals surface area contributed by atoms with Crippen molar-refractivity contribution in [2.45, 2.75) is 52.8 Å². The van der Waals surface area contributed by atoms with Crippen LogP contribution in [0.4, 0.5) is 8.78 Å². The zero-order valence-corrected chi connectivity index (χ0v) is 14.4. The summed E-state index contributed by atoms with van der Waals surface area (Å²) >= 11 is 0. The Morgan fingerprint density at radius 2 is 1.88 bits per heavy atom. The molecule has 0 saturated carbocycles. The topological polar surface area (TPSA) is 47.0 Å². The number of ether oxygens (including phenoxy) is 1. The minimum atomic E-state index is -2.84. The minimum absolute atomic E-state index is 0.0184. The zero-order valence-electron chi connectivity index (χ0n) is 14.4. The molecule has 2 aromatic rings. The summed E-state index contributed by atoms with van der Waals surface area (Å²) in [7, 11) is 0. The largest absolute Gasteiger partial charge is 0.434 e. The van der Waals surface area contributed by atoms with Gasteiger partial charge in [-0.05, 0) is 33.3 Å². The van der Waals surface area contributed by atoms with E-state index < -0.39 is 6.61 Å². The second kappa shape index (κ2) is 8.15. The second-order valence-corrected chi connectivity index (χ2v) is 5.72. The minimum Gasteiger partial charge on any atom is -0.434 e. The molecule has 130 valence electrons. The summed E-state index contributed by atoms with van der Waals surface area (Å²) in [5.41, 5.74) is 2.62. The van der Waals surface area contributed by atoms with E-state index in [2.05, 4.69) is 20.0 Å². The van der Waals surface area contributed by atoms with Crippen LogP contribution in [0.2, 0.25) is 0 Å². The quantitative estimate of drug-likeness (QED) is 0.809. The second-order valence-electron chi connectivity index (χ2n) is 5.72. The monoisotopic (exact) mass is 335 g/mol. The van der Waals surface area contributed by atoms with Gasteiger partial charge >= 0.3 is 6.61 Å². The average molecular weight is 335 g/mol. The molecule has 2 atom stereocenters. The van der Waals surface area contributed by atoms with E-state index in [1.54, 1.807) is 12.1 Å². The third-order valence-electron chi connectivity index (χ3n) is 3.97. The van der Waals surface area contributed by atoms with Gasteiger partial charge in [0, 0.05) is 35.1 Å². The van der Waals surface area contributed by atoms with Crippen LogP contribution >= 0.6 is 0 Å². The summed E-state index contributed by atoms with van der Waals surface area (Å²) in [6, 6.07) is 6.75. The number of aromatic nitrogens is 2. The Morgan fingerprint density at radius 3 is 2.50 bits per heavy atom. The van der Waals surface area contributed by atoms with Crippen molar-refractivity contribution in [2.24, 2.45) is 0 Å². The molecule has 0 bridgehead atoms. The van der Waals surface area contributed by atoms with Gasteiger partial charge in [-0.2, -0.15) is 8.78 Å². The van der Waals surface area contributed by atoms with E-state index in [-0.39, 0.29) is 17.8 Å². The molecule has 24 heavy (non-hydrogen) atoms. The summed E-state index contributed by atoms with van der Waals surface area (Å²) in [6.45, 7) is 4.97. The molecule has 0 aliphatic heterocycles. The Balaban J connectivity index is 2.23. The molecular weight excluding hydrogens is 312 g/mol. The Kier molecular flexibility index (Phi) is 6.20. The fourth-order valence-electron chi connectivity index (χ4n) is 2.81. The highest BCUT2D eigenvalue weighted by atomic mass is 19.3. The first-order chi connectivity index (χ1) is 11.4. The Labute approximate surface area is 141 Å². The van der Waals surface area contributed by atoms with Crippen molar-refractivity contribution < 1.29 is 13.5 Å². The number of aryl methyl sites for hydroxylation is 2. The summed E-state index contributed by atoms with van der Waals surface area (Å²) < 4.78 is 29.9. The van der Waals surface area contributed by atoms with Crippen LogP contribution in [-0.4, -0.2) is 16.6 Å². The first-order valence-electron chi connectivity index (χ1n) is 8.02. The van der Waals surface area contributed by atoms with Gasteiger partial charge in [0.25, 0.3) is 0 Å². The van der Waals surface area contributed by atoms with E-state index >= 15 is 0 Å². The number of nitrogens with zero attached hydrogens (tertiary/aromatic N) is 2. The molecule has 0 fully saturated rings. The molecule has 1 aromatic carbocycles. The number of rotatable bonds is 7. The standard InChI is InChI=1S/C18H23F2N3O/c1-5-16(14-8-6-7-9-17(14)24-18(19)20)23-12(3)15-10-21-13(4)22-11(15)2/h6-10,12,16,18,23H,5H2,1-4H3/t12-,16+/m1/s1. The molecule has 4 nitrogen and oxygen atoms in total. The van der Waals surface area contributed by atoms with Crippen molar-refractivity contribution >= 4 is 0 Å². The molecule has 0 spiro atoms. The van der Waals surface area contributed by atoms with Crippen molar-refractivity contribution in [1.29, 1.82) is 0 Å². The molecule has 0 radical (unpaired) electrons. The number of alkyl halides is 2. The van der Waals surface area contributed by atoms with Crippen LogP contribution < -0.4 is 10.1 Å². The van der Waals surface area contributed by atoms with Crippen molar-refractivity contribution in [3.63, 3.8) is 0 Å². The first kappa shape index (κ1) is 18.3. The smallest absolute Gasteiger partial charge is 0.387 e. The summed E-state index contributed by atoms with van der Waals surface area (Å²) in [5.74, 6) is 0.932. The number of hydrogen-bond donors (Lipinski definition) is 1. The van der Waals surface area contributed by atoms with Crippen molar-refractivity contribution in [3.8, 4) is 5.75 Å². The van der Waals surface area contributed by atoms with Crippen LogP contribution in [0.5, 0.6) is 5.75 Å². The molecule has 0 unspecified atom stereocenters. The van der Waals surface area contributed by atoms with Crippen LogP contribution in [0.3, 0.4) is 0 Å². The molecular formula is C18H23F2N3O. The fourth-order valence-corrected chi connectivity index (χ4v) is 2.81. The van der Waals surface area contributed by atoms with Gasteiger partial charge in [-0.1, -0.05) is 25.1 Å². The number of halogens is 2. The zero-order chi connectivity index (χ0) is 17.7. The lowest BCUT2D eigenvalue weighted by atomic mass is 10.0. The van der Waals surface area contributed by atoms with E-state index in [1.807, 2.05) is 46.0 Å². The lowest BCUT2D eigenvalue weighted by Gasteiger charge is -2.25. The number of nitrogens with one attached hydrogen (secondary N) is 1. The maximum atomic E-state index is 12.6. The van der Waals surface area contributed by atoms with Gasteiger partial charge in [0.1, 0.15) is 11.6 Å². The summed E-state index contributed by atoms with van der Waals surface area (Å²) in [4.78, 5) is 8.63. The first-order valence-corrected chi connectivity index (χ1v) is 8.02. The maximum absolute atomic E-state index is 12.6. The number of benzene rings is 1. The van der Waals surface area contributed by atoms with Crippen molar-refractivity contribution in [3.05, 3.63) is 53.1 Å². The van der Waals surface area contributed by atoms with Crippen molar-refractivity contribution in [2.75, 3.05) is 0 Å². The van der Waals surface area contributed by atoms with E-state index in [4.69, 9.17) is 0 Å². The van der Waals surface area contributed by atoms with Gasteiger partial charge < -0.3 is 10.1 Å². The lowest BCUT2D eigenvalue weighted by Crippen LogP contribution is -2.26. The molecule has 0 saturated heterocycles. The highest BCUT2D eigenvalue weighted by molar-refractivity contribution is 5.36.